The number of halogens is 1. The Morgan fingerprint density at radius 1 is 1.03 bits per heavy atom. The third-order valence-corrected chi connectivity index (χ3v) is 4.04. The second-order valence-electron chi connectivity index (χ2n) is 5.95. The molecule has 0 aliphatic rings. The van der Waals surface area contributed by atoms with Crippen LogP contribution in [0, 0.1) is 0 Å². The summed E-state index contributed by atoms with van der Waals surface area (Å²) in [5, 5.41) is 6.89. The third kappa shape index (κ3) is 6.51. The lowest BCUT2D eigenvalue weighted by atomic mass is 10.2. The topological polar surface area (TPSA) is 92.9 Å². The van der Waals surface area contributed by atoms with E-state index >= 15 is 0 Å². The number of amides is 2. The van der Waals surface area contributed by atoms with Crippen LogP contribution in [-0.2, 0) is 22.7 Å². The molecule has 1 heterocycles. The molecule has 3 rings (SSSR count). The maximum absolute atomic E-state index is 11.7. The number of ether oxygens (including phenoxy) is 1. The summed E-state index contributed by atoms with van der Waals surface area (Å²) in [6, 6.07) is 17.9. The maximum atomic E-state index is 11.7. The van der Waals surface area contributed by atoms with Gasteiger partial charge >= 0.3 is 11.8 Å². The van der Waals surface area contributed by atoms with Crippen LogP contribution < -0.4 is 15.5 Å². The molecule has 0 fully saturated rings. The van der Waals surface area contributed by atoms with E-state index in [0.29, 0.717) is 23.1 Å². The molecular formula is C21H18ClN3O4. The Kier molecular flexibility index (Phi) is 7.02. The van der Waals surface area contributed by atoms with Gasteiger partial charge in [0.2, 0.25) is 0 Å². The van der Waals surface area contributed by atoms with Crippen molar-refractivity contribution in [3.63, 3.8) is 0 Å². The molecule has 0 radical (unpaired) electrons. The Balaban J connectivity index is 1.42. The summed E-state index contributed by atoms with van der Waals surface area (Å²) in [4.78, 5) is 23.4. The largest absolute Gasteiger partial charge is 0.489 e. The van der Waals surface area contributed by atoms with Gasteiger partial charge in [-0.3, -0.25) is 9.59 Å². The lowest BCUT2D eigenvalue weighted by Gasteiger charge is -2.06. The lowest BCUT2D eigenvalue weighted by molar-refractivity contribution is -0.139. The van der Waals surface area contributed by atoms with Gasteiger partial charge in [-0.1, -0.05) is 23.7 Å². The molecule has 0 aliphatic carbocycles. The van der Waals surface area contributed by atoms with E-state index in [2.05, 4.69) is 15.8 Å². The van der Waals surface area contributed by atoms with Crippen molar-refractivity contribution in [1.29, 1.82) is 0 Å². The van der Waals surface area contributed by atoms with Crippen molar-refractivity contribution in [3.05, 3.63) is 88.8 Å². The fourth-order valence-corrected chi connectivity index (χ4v) is 2.40. The maximum Gasteiger partial charge on any atom is 0.329 e. The molecule has 0 spiro atoms. The highest BCUT2D eigenvalue weighted by atomic mass is 35.5. The first kappa shape index (κ1) is 20.2. The molecule has 2 aromatic carbocycles. The summed E-state index contributed by atoms with van der Waals surface area (Å²) in [7, 11) is 0. The van der Waals surface area contributed by atoms with Gasteiger partial charge in [-0.05, 0) is 59.7 Å². The first-order valence-corrected chi connectivity index (χ1v) is 9.09. The van der Waals surface area contributed by atoms with Gasteiger partial charge in [-0.15, -0.1) is 0 Å². The van der Waals surface area contributed by atoms with E-state index in [-0.39, 0.29) is 6.54 Å². The quantitative estimate of drug-likeness (QED) is 0.354. The van der Waals surface area contributed by atoms with Gasteiger partial charge in [0.15, 0.2) is 0 Å². The molecule has 148 valence electrons. The van der Waals surface area contributed by atoms with Gasteiger partial charge in [0.1, 0.15) is 18.1 Å². The summed E-state index contributed by atoms with van der Waals surface area (Å²) in [5.41, 5.74) is 3.92. The molecule has 2 amide bonds. The second-order valence-corrected chi connectivity index (χ2v) is 6.38. The van der Waals surface area contributed by atoms with Crippen LogP contribution >= 0.6 is 11.6 Å². The first-order chi connectivity index (χ1) is 14.1. The van der Waals surface area contributed by atoms with Crippen molar-refractivity contribution in [3.8, 4) is 5.75 Å². The number of hydrogen-bond donors (Lipinski definition) is 2. The number of hydrogen-bond acceptors (Lipinski definition) is 5. The van der Waals surface area contributed by atoms with E-state index in [1.807, 2.05) is 24.3 Å². The Hall–Kier alpha value is -3.58. The van der Waals surface area contributed by atoms with Crippen molar-refractivity contribution in [1.82, 2.24) is 10.7 Å². The smallest absolute Gasteiger partial charge is 0.329 e. The van der Waals surface area contributed by atoms with E-state index in [4.69, 9.17) is 20.8 Å². The van der Waals surface area contributed by atoms with Crippen molar-refractivity contribution in [2.75, 3.05) is 0 Å². The van der Waals surface area contributed by atoms with Crippen LogP contribution in [0.1, 0.15) is 16.9 Å². The van der Waals surface area contributed by atoms with Crippen molar-refractivity contribution in [2.24, 2.45) is 5.10 Å². The van der Waals surface area contributed by atoms with Gasteiger partial charge < -0.3 is 14.5 Å². The molecule has 7 nitrogen and oxygen atoms in total. The zero-order valence-corrected chi connectivity index (χ0v) is 16.1. The fourth-order valence-electron chi connectivity index (χ4n) is 2.27. The van der Waals surface area contributed by atoms with Gasteiger partial charge in [0.25, 0.3) is 0 Å². The molecule has 29 heavy (non-hydrogen) atoms. The average molecular weight is 412 g/mol. The highest BCUT2D eigenvalue weighted by Crippen LogP contribution is 2.15. The highest BCUT2D eigenvalue weighted by Gasteiger charge is 2.12. The second kappa shape index (κ2) is 10.1. The van der Waals surface area contributed by atoms with Crippen molar-refractivity contribution >= 4 is 29.6 Å². The van der Waals surface area contributed by atoms with E-state index in [0.717, 1.165) is 11.1 Å². The fraction of sp³-hybridized carbons (Fsp3) is 0.0952. The predicted molar refractivity (Wildman–Crippen MR) is 109 cm³/mol. The average Bonchev–Trinajstić information content (AvgIpc) is 3.26. The van der Waals surface area contributed by atoms with E-state index in [1.54, 1.807) is 36.4 Å². The van der Waals surface area contributed by atoms with E-state index in [1.165, 1.54) is 12.5 Å². The predicted octanol–water partition coefficient (Wildman–Crippen LogP) is 3.28. The summed E-state index contributed by atoms with van der Waals surface area (Å²) in [6.45, 7) is 0.550. The van der Waals surface area contributed by atoms with Crippen LogP contribution in [0.25, 0.3) is 0 Å². The highest BCUT2D eigenvalue weighted by molar-refractivity contribution is 6.35. The van der Waals surface area contributed by atoms with Crippen LogP contribution in [0.3, 0.4) is 0 Å². The number of carbonyl (C=O) groups is 2. The van der Waals surface area contributed by atoms with Crippen molar-refractivity contribution < 1.29 is 18.7 Å². The Bertz CT molecular complexity index is 968. The third-order valence-electron chi connectivity index (χ3n) is 3.79. The van der Waals surface area contributed by atoms with Crippen LogP contribution in [0.4, 0.5) is 0 Å². The van der Waals surface area contributed by atoms with E-state index < -0.39 is 11.8 Å². The van der Waals surface area contributed by atoms with Crippen LogP contribution in [-0.4, -0.2) is 18.0 Å². The lowest BCUT2D eigenvalue weighted by Crippen LogP contribution is -2.37. The molecule has 0 bridgehead atoms. The number of rotatable bonds is 7. The number of furan rings is 1. The first-order valence-electron chi connectivity index (χ1n) is 8.71. The van der Waals surface area contributed by atoms with Crippen LogP contribution in [0.5, 0.6) is 5.75 Å². The van der Waals surface area contributed by atoms with Gasteiger partial charge in [0, 0.05) is 5.02 Å². The minimum Gasteiger partial charge on any atom is -0.489 e. The molecule has 2 N–H and O–H groups in total. The molecule has 0 saturated carbocycles. The molecule has 1 aromatic heterocycles. The number of benzene rings is 2. The van der Waals surface area contributed by atoms with Crippen LogP contribution in [0.2, 0.25) is 5.02 Å². The molecule has 0 atom stereocenters. The zero-order chi connectivity index (χ0) is 20.5. The SMILES string of the molecule is O=C(NCc1ccco1)C(=O)N/N=C\c1ccc(OCc2ccc(Cl)cc2)cc1. The minimum absolute atomic E-state index is 0.125. The molecule has 0 aliphatic heterocycles. The van der Waals surface area contributed by atoms with Gasteiger partial charge in [0.05, 0.1) is 19.0 Å². The molecule has 0 saturated heterocycles. The number of nitrogens with zero attached hydrogens (tertiary/aromatic N) is 1. The number of nitrogens with one attached hydrogen (secondary N) is 2. The molecule has 8 heteroatoms. The summed E-state index contributed by atoms with van der Waals surface area (Å²) in [5.74, 6) is -0.424. The van der Waals surface area contributed by atoms with Crippen molar-refractivity contribution in [2.45, 2.75) is 13.2 Å². The number of hydrazone groups is 1. The minimum atomic E-state index is -0.865. The summed E-state index contributed by atoms with van der Waals surface area (Å²) in [6.07, 6.45) is 2.92. The summed E-state index contributed by atoms with van der Waals surface area (Å²) < 4.78 is 10.8. The molecule has 0 unspecified atom stereocenters. The zero-order valence-electron chi connectivity index (χ0n) is 15.3. The van der Waals surface area contributed by atoms with E-state index in [9.17, 15) is 9.59 Å². The van der Waals surface area contributed by atoms with Gasteiger partial charge in [-0.2, -0.15) is 5.10 Å². The standard InChI is InChI=1S/C21H18ClN3O4/c22-17-7-3-16(4-8-17)14-29-18-9-5-15(6-10-18)12-24-25-21(27)20(26)23-13-19-2-1-11-28-19/h1-12H,13-14H2,(H,23,26)(H,25,27)/b24-12-. The normalized spacial score (nSPS) is 10.7. The Morgan fingerprint density at radius 3 is 2.48 bits per heavy atom. The number of carbonyl (C=O) groups excluding carboxylic acids is 2. The molecular weight excluding hydrogens is 394 g/mol. The van der Waals surface area contributed by atoms with Crippen LogP contribution in [0.15, 0.2) is 76.4 Å². The van der Waals surface area contributed by atoms with Gasteiger partial charge in [-0.25, -0.2) is 5.43 Å². The molecule has 3 aromatic rings. The Labute approximate surface area is 172 Å². The summed E-state index contributed by atoms with van der Waals surface area (Å²) >= 11 is 5.86. The Morgan fingerprint density at radius 2 is 1.79 bits per heavy atom. The monoisotopic (exact) mass is 411 g/mol.